The summed E-state index contributed by atoms with van der Waals surface area (Å²) < 4.78 is 7.03. The first-order valence-corrected chi connectivity index (χ1v) is 6.77. The number of aromatic nitrogens is 3. The average molecular weight is 289 g/mol. The van der Waals surface area contributed by atoms with Crippen LogP contribution in [0.1, 0.15) is 44.1 Å². The van der Waals surface area contributed by atoms with Crippen LogP contribution in [0.4, 0.5) is 0 Å². The molecule has 2 rings (SSSR count). The second-order valence-corrected chi connectivity index (χ2v) is 5.66. The van der Waals surface area contributed by atoms with Gasteiger partial charge in [0.05, 0.1) is 12.3 Å². The van der Waals surface area contributed by atoms with E-state index >= 15 is 0 Å². The minimum Gasteiger partial charge on any atom is -0.494 e. The van der Waals surface area contributed by atoms with Crippen LogP contribution in [0.2, 0.25) is 0 Å². The first-order chi connectivity index (χ1) is 9.82. The number of rotatable bonds is 4. The van der Waals surface area contributed by atoms with Crippen molar-refractivity contribution in [3.05, 3.63) is 35.9 Å². The zero-order valence-corrected chi connectivity index (χ0v) is 12.6. The van der Waals surface area contributed by atoms with E-state index < -0.39 is 5.97 Å². The smallest absolute Gasteiger partial charge is 0.375 e. The summed E-state index contributed by atoms with van der Waals surface area (Å²) in [6, 6.07) is 7.35. The highest BCUT2D eigenvalue weighted by Crippen LogP contribution is 2.25. The number of ether oxygens (including phenoxy) is 1. The highest BCUT2D eigenvalue weighted by Gasteiger charge is 2.26. The number of aromatic carboxylic acids is 1. The number of hydrogen-bond donors (Lipinski definition) is 1. The summed E-state index contributed by atoms with van der Waals surface area (Å²) in [6.07, 6.45) is 0. The van der Waals surface area contributed by atoms with Gasteiger partial charge in [-0.15, -0.1) is 5.10 Å². The lowest BCUT2D eigenvalue weighted by Gasteiger charge is -2.18. The third kappa shape index (κ3) is 3.21. The van der Waals surface area contributed by atoms with Gasteiger partial charge in [0.1, 0.15) is 11.6 Å². The molecule has 1 N–H and O–H groups in total. The molecule has 0 radical (unpaired) electrons. The fourth-order valence-corrected chi connectivity index (χ4v) is 1.94. The Morgan fingerprint density at radius 3 is 2.67 bits per heavy atom. The fourth-order valence-electron chi connectivity index (χ4n) is 1.94. The van der Waals surface area contributed by atoms with Gasteiger partial charge in [0.25, 0.3) is 5.82 Å². The molecule has 0 aliphatic heterocycles. The number of carboxylic acids is 1. The molecule has 0 amide bonds. The molecule has 0 aliphatic rings. The molecule has 0 saturated heterocycles. The molecular formula is C15H19N3O3. The van der Waals surface area contributed by atoms with E-state index in [1.54, 1.807) is 4.68 Å². The van der Waals surface area contributed by atoms with Crippen LogP contribution in [0.25, 0.3) is 5.69 Å². The van der Waals surface area contributed by atoms with E-state index in [9.17, 15) is 4.79 Å². The molecule has 21 heavy (non-hydrogen) atoms. The van der Waals surface area contributed by atoms with E-state index in [4.69, 9.17) is 9.84 Å². The monoisotopic (exact) mass is 289 g/mol. The molecular weight excluding hydrogens is 270 g/mol. The quantitative estimate of drug-likeness (QED) is 0.936. The Hall–Kier alpha value is -2.37. The van der Waals surface area contributed by atoms with E-state index in [0.717, 1.165) is 5.69 Å². The van der Waals surface area contributed by atoms with Gasteiger partial charge in [-0.2, -0.15) is 0 Å². The molecule has 6 heteroatoms. The average Bonchev–Trinajstić information content (AvgIpc) is 2.84. The Morgan fingerprint density at radius 2 is 2.10 bits per heavy atom. The number of benzene rings is 1. The van der Waals surface area contributed by atoms with Crippen molar-refractivity contribution in [1.29, 1.82) is 0 Å². The number of nitrogens with zero attached hydrogens (tertiary/aromatic N) is 3. The summed E-state index contributed by atoms with van der Waals surface area (Å²) in [5.41, 5.74) is 0.397. The maximum absolute atomic E-state index is 11.1. The van der Waals surface area contributed by atoms with Crippen LogP contribution in [0.15, 0.2) is 24.3 Å². The van der Waals surface area contributed by atoms with E-state index in [2.05, 4.69) is 10.1 Å². The Kier molecular flexibility index (Phi) is 3.97. The molecule has 112 valence electrons. The minimum atomic E-state index is -1.14. The fraction of sp³-hybridized carbons (Fsp3) is 0.400. The summed E-state index contributed by atoms with van der Waals surface area (Å²) in [4.78, 5) is 15.3. The van der Waals surface area contributed by atoms with E-state index in [1.165, 1.54) is 0 Å². The molecule has 2 aromatic rings. The first kappa shape index (κ1) is 15.0. The lowest BCUT2D eigenvalue weighted by Crippen LogP contribution is -2.18. The summed E-state index contributed by atoms with van der Waals surface area (Å²) in [6.45, 7) is 8.36. The molecule has 0 fully saturated rings. The van der Waals surface area contributed by atoms with Crippen molar-refractivity contribution in [1.82, 2.24) is 14.8 Å². The zero-order valence-electron chi connectivity index (χ0n) is 12.6. The van der Waals surface area contributed by atoms with Gasteiger partial charge >= 0.3 is 5.97 Å². The van der Waals surface area contributed by atoms with Crippen molar-refractivity contribution in [3.63, 3.8) is 0 Å². The predicted octanol–water partition coefficient (Wildman–Crippen LogP) is 2.66. The number of carboxylic acid groups (broad SMARTS) is 1. The first-order valence-electron chi connectivity index (χ1n) is 6.77. The Balaban J connectivity index is 2.56. The molecule has 0 unspecified atom stereocenters. The summed E-state index contributed by atoms with van der Waals surface area (Å²) in [5, 5.41) is 13.2. The third-order valence-corrected chi connectivity index (χ3v) is 2.84. The molecule has 0 aliphatic carbocycles. The van der Waals surface area contributed by atoms with Gasteiger partial charge in [-0.1, -0.05) is 26.8 Å². The largest absolute Gasteiger partial charge is 0.494 e. The third-order valence-electron chi connectivity index (χ3n) is 2.84. The Labute approximate surface area is 123 Å². The van der Waals surface area contributed by atoms with Crippen LogP contribution < -0.4 is 4.74 Å². The molecule has 1 heterocycles. The van der Waals surface area contributed by atoms with Crippen molar-refractivity contribution >= 4 is 5.97 Å². The molecule has 0 bridgehead atoms. The van der Waals surface area contributed by atoms with E-state index in [-0.39, 0.29) is 11.2 Å². The normalized spacial score (nSPS) is 11.4. The van der Waals surface area contributed by atoms with Crippen molar-refractivity contribution in [3.8, 4) is 11.4 Å². The van der Waals surface area contributed by atoms with Gasteiger partial charge in [-0.3, -0.25) is 0 Å². The van der Waals surface area contributed by atoms with Crippen LogP contribution in [-0.4, -0.2) is 32.4 Å². The molecule has 0 saturated carbocycles. The highest BCUT2D eigenvalue weighted by atomic mass is 16.5. The molecule has 6 nitrogen and oxygen atoms in total. The molecule has 1 aromatic heterocycles. The second-order valence-electron chi connectivity index (χ2n) is 5.66. The van der Waals surface area contributed by atoms with Gasteiger partial charge in [0, 0.05) is 11.5 Å². The maximum Gasteiger partial charge on any atom is 0.375 e. The highest BCUT2D eigenvalue weighted by molar-refractivity contribution is 5.83. The van der Waals surface area contributed by atoms with Gasteiger partial charge in [0.15, 0.2) is 0 Å². The zero-order chi connectivity index (χ0) is 15.6. The van der Waals surface area contributed by atoms with Crippen molar-refractivity contribution < 1.29 is 14.6 Å². The SMILES string of the molecule is CCOc1cccc(-n2nc(C(=O)O)nc2C(C)(C)C)c1. The second kappa shape index (κ2) is 5.55. The van der Waals surface area contributed by atoms with E-state index in [1.807, 2.05) is 52.0 Å². The van der Waals surface area contributed by atoms with Crippen molar-refractivity contribution in [2.75, 3.05) is 6.61 Å². The van der Waals surface area contributed by atoms with Crippen LogP contribution in [0.5, 0.6) is 5.75 Å². The van der Waals surface area contributed by atoms with Gasteiger partial charge in [-0.25, -0.2) is 14.5 Å². The predicted molar refractivity (Wildman–Crippen MR) is 78.2 cm³/mol. The Morgan fingerprint density at radius 1 is 1.38 bits per heavy atom. The maximum atomic E-state index is 11.1. The van der Waals surface area contributed by atoms with E-state index in [0.29, 0.717) is 18.2 Å². The van der Waals surface area contributed by atoms with Crippen LogP contribution >= 0.6 is 0 Å². The van der Waals surface area contributed by atoms with Gasteiger partial charge < -0.3 is 9.84 Å². The number of carbonyl (C=O) groups is 1. The van der Waals surface area contributed by atoms with Crippen LogP contribution in [0.3, 0.4) is 0 Å². The summed E-state index contributed by atoms with van der Waals surface area (Å²) in [7, 11) is 0. The molecule has 1 aromatic carbocycles. The lowest BCUT2D eigenvalue weighted by molar-refractivity contribution is 0.0683. The summed E-state index contributed by atoms with van der Waals surface area (Å²) in [5.74, 6) is -0.0438. The molecule has 0 atom stereocenters. The summed E-state index contributed by atoms with van der Waals surface area (Å²) >= 11 is 0. The minimum absolute atomic E-state index is 0.207. The van der Waals surface area contributed by atoms with Gasteiger partial charge in [-0.05, 0) is 19.1 Å². The number of hydrogen-bond acceptors (Lipinski definition) is 4. The van der Waals surface area contributed by atoms with Crippen LogP contribution in [0, 0.1) is 0 Å². The lowest BCUT2D eigenvalue weighted by atomic mass is 9.95. The van der Waals surface area contributed by atoms with Crippen molar-refractivity contribution in [2.24, 2.45) is 0 Å². The van der Waals surface area contributed by atoms with Gasteiger partial charge in [0.2, 0.25) is 0 Å². The molecule has 0 spiro atoms. The van der Waals surface area contributed by atoms with Crippen molar-refractivity contribution in [2.45, 2.75) is 33.1 Å². The Bertz CT molecular complexity index is 656. The topological polar surface area (TPSA) is 77.2 Å². The van der Waals surface area contributed by atoms with Crippen LogP contribution in [-0.2, 0) is 5.41 Å². The standard InChI is InChI=1S/C15H19N3O3/c1-5-21-11-8-6-7-10(9-11)18-14(15(2,3)4)16-12(17-18)13(19)20/h6-9H,5H2,1-4H3,(H,19,20).